The van der Waals surface area contributed by atoms with Crippen LogP contribution in [0.15, 0.2) is 0 Å². The summed E-state index contributed by atoms with van der Waals surface area (Å²) in [5.74, 6) is -0.398. The fourth-order valence-corrected chi connectivity index (χ4v) is 6.40. The van der Waals surface area contributed by atoms with Gasteiger partial charge in [0.2, 0.25) is 15.9 Å². The van der Waals surface area contributed by atoms with Gasteiger partial charge in [-0.2, -0.15) is 4.31 Å². The third-order valence-electron chi connectivity index (χ3n) is 5.18. The van der Waals surface area contributed by atoms with Crippen LogP contribution < -0.4 is 11.1 Å². The number of fused-ring (bicyclic) bond motifs is 1. The van der Waals surface area contributed by atoms with Crippen molar-refractivity contribution in [3.63, 3.8) is 0 Å². The molecule has 0 bridgehead atoms. The number of amides is 2. The van der Waals surface area contributed by atoms with E-state index in [1.54, 1.807) is 0 Å². The highest BCUT2D eigenvalue weighted by molar-refractivity contribution is 7.88. The minimum Gasteiger partial charge on any atom is -0.365 e. The van der Waals surface area contributed by atoms with Gasteiger partial charge in [0, 0.05) is 11.4 Å². The normalized spacial score (nSPS) is 24.1. The summed E-state index contributed by atoms with van der Waals surface area (Å²) >= 11 is 1.39. The SMILES string of the molecule is CC1CCc2c(sc(NC(=O)C3CCCCN3S(C)(=O)=O)c2C(N)=O)C1. The number of carbonyl (C=O) groups is 2. The molecule has 1 saturated heterocycles. The van der Waals surface area contributed by atoms with Crippen molar-refractivity contribution in [2.75, 3.05) is 18.1 Å². The number of sulfonamides is 1. The molecule has 2 amide bonds. The summed E-state index contributed by atoms with van der Waals surface area (Å²) in [5, 5.41) is 3.27. The summed E-state index contributed by atoms with van der Waals surface area (Å²) in [6.07, 6.45) is 5.78. The summed E-state index contributed by atoms with van der Waals surface area (Å²) < 4.78 is 25.3. The molecular weight excluding hydrogens is 374 g/mol. The smallest absolute Gasteiger partial charge is 0.251 e. The van der Waals surface area contributed by atoms with Crippen molar-refractivity contribution in [1.82, 2.24) is 4.31 Å². The molecule has 1 aromatic rings. The average molecular weight is 400 g/mol. The third-order valence-corrected chi connectivity index (χ3v) is 7.64. The van der Waals surface area contributed by atoms with Crippen molar-refractivity contribution >= 4 is 38.2 Å². The highest BCUT2D eigenvalue weighted by Gasteiger charge is 2.36. The molecule has 1 aromatic heterocycles. The van der Waals surface area contributed by atoms with E-state index in [0.717, 1.165) is 48.8 Å². The van der Waals surface area contributed by atoms with Gasteiger partial charge in [-0.3, -0.25) is 9.59 Å². The van der Waals surface area contributed by atoms with E-state index in [-0.39, 0.29) is 5.91 Å². The second kappa shape index (κ2) is 7.28. The Labute approximate surface area is 158 Å². The Kier molecular flexibility index (Phi) is 5.41. The molecule has 3 N–H and O–H groups in total. The zero-order chi connectivity index (χ0) is 19.1. The molecule has 3 rings (SSSR count). The van der Waals surface area contributed by atoms with E-state index in [2.05, 4.69) is 12.2 Å². The van der Waals surface area contributed by atoms with Crippen LogP contribution in [0.25, 0.3) is 0 Å². The van der Waals surface area contributed by atoms with Crippen molar-refractivity contribution in [3.8, 4) is 0 Å². The van der Waals surface area contributed by atoms with Crippen LogP contribution in [0.3, 0.4) is 0 Å². The second-order valence-corrected chi connectivity index (χ2v) is 10.3. The lowest BCUT2D eigenvalue weighted by Gasteiger charge is -2.32. The molecule has 2 unspecified atom stereocenters. The predicted molar refractivity (Wildman–Crippen MR) is 102 cm³/mol. The summed E-state index contributed by atoms with van der Waals surface area (Å²) in [7, 11) is -3.46. The lowest BCUT2D eigenvalue weighted by molar-refractivity contribution is -0.120. The van der Waals surface area contributed by atoms with E-state index in [9.17, 15) is 18.0 Å². The van der Waals surface area contributed by atoms with Gasteiger partial charge < -0.3 is 11.1 Å². The Morgan fingerprint density at radius 1 is 1.27 bits per heavy atom. The van der Waals surface area contributed by atoms with Crippen molar-refractivity contribution < 1.29 is 18.0 Å². The van der Waals surface area contributed by atoms with Crippen LogP contribution in [-0.4, -0.2) is 43.4 Å². The van der Waals surface area contributed by atoms with Gasteiger partial charge in [0.05, 0.1) is 11.8 Å². The van der Waals surface area contributed by atoms with E-state index in [4.69, 9.17) is 5.73 Å². The number of hydrogen-bond acceptors (Lipinski definition) is 5. The number of piperidine rings is 1. The first-order valence-electron chi connectivity index (χ1n) is 8.90. The molecule has 2 atom stereocenters. The van der Waals surface area contributed by atoms with Crippen molar-refractivity contribution in [3.05, 3.63) is 16.0 Å². The molecule has 9 heteroatoms. The van der Waals surface area contributed by atoms with Gasteiger partial charge in [0.1, 0.15) is 11.0 Å². The molecule has 0 spiro atoms. The lowest BCUT2D eigenvalue weighted by atomic mass is 9.88. The van der Waals surface area contributed by atoms with E-state index in [1.165, 1.54) is 15.6 Å². The van der Waals surface area contributed by atoms with E-state index in [1.807, 2.05) is 0 Å². The monoisotopic (exact) mass is 399 g/mol. The first-order chi connectivity index (χ1) is 12.2. The molecular formula is C17H25N3O4S2. The van der Waals surface area contributed by atoms with Crippen LogP contribution in [-0.2, 0) is 27.7 Å². The predicted octanol–water partition coefficient (Wildman–Crippen LogP) is 1.72. The molecule has 0 saturated carbocycles. The molecule has 7 nitrogen and oxygen atoms in total. The van der Waals surface area contributed by atoms with Crippen LogP contribution >= 0.6 is 11.3 Å². The minimum atomic E-state index is -3.46. The molecule has 1 aliphatic heterocycles. The van der Waals surface area contributed by atoms with E-state index >= 15 is 0 Å². The molecule has 144 valence electrons. The number of rotatable bonds is 4. The van der Waals surface area contributed by atoms with Crippen molar-refractivity contribution in [1.29, 1.82) is 0 Å². The molecule has 0 aromatic carbocycles. The first-order valence-corrected chi connectivity index (χ1v) is 11.6. The van der Waals surface area contributed by atoms with E-state index in [0.29, 0.717) is 29.4 Å². The van der Waals surface area contributed by atoms with Crippen LogP contribution in [0.2, 0.25) is 0 Å². The van der Waals surface area contributed by atoms with Crippen LogP contribution in [0.1, 0.15) is 53.4 Å². The number of anilines is 1. The van der Waals surface area contributed by atoms with Gasteiger partial charge >= 0.3 is 0 Å². The maximum atomic E-state index is 12.8. The molecule has 2 heterocycles. The second-order valence-electron chi connectivity index (χ2n) is 7.29. The first kappa shape index (κ1) is 19.3. The molecule has 1 aliphatic carbocycles. The summed E-state index contributed by atoms with van der Waals surface area (Å²) in [6, 6.07) is -0.738. The quantitative estimate of drug-likeness (QED) is 0.803. The number of thiophene rings is 1. The van der Waals surface area contributed by atoms with Gasteiger partial charge in [-0.1, -0.05) is 13.3 Å². The van der Waals surface area contributed by atoms with Crippen LogP contribution in [0.5, 0.6) is 0 Å². The van der Waals surface area contributed by atoms with Gasteiger partial charge in [-0.05, 0) is 43.6 Å². The average Bonchev–Trinajstić information content (AvgIpc) is 2.90. The number of primary amides is 1. The molecule has 0 radical (unpaired) electrons. The number of hydrogen-bond donors (Lipinski definition) is 2. The highest BCUT2D eigenvalue weighted by Crippen LogP contribution is 2.39. The van der Waals surface area contributed by atoms with Gasteiger partial charge in [0.15, 0.2) is 0 Å². The number of nitrogens with zero attached hydrogens (tertiary/aromatic N) is 1. The van der Waals surface area contributed by atoms with Crippen LogP contribution in [0, 0.1) is 5.92 Å². The Morgan fingerprint density at radius 3 is 2.65 bits per heavy atom. The van der Waals surface area contributed by atoms with Gasteiger partial charge in [-0.25, -0.2) is 8.42 Å². The van der Waals surface area contributed by atoms with Gasteiger partial charge in [-0.15, -0.1) is 11.3 Å². The van der Waals surface area contributed by atoms with Crippen LogP contribution in [0.4, 0.5) is 5.00 Å². The number of nitrogens with two attached hydrogens (primary N) is 1. The zero-order valence-electron chi connectivity index (χ0n) is 15.1. The fourth-order valence-electron chi connectivity index (χ4n) is 3.86. The van der Waals surface area contributed by atoms with Crippen molar-refractivity contribution in [2.45, 2.75) is 51.5 Å². The Hall–Kier alpha value is -1.45. The Bertz CT molecular complexity index is 831. The maximum Gasteiger partial charge on any atom is 0.251 e. The van der Waals surface area contributed by atoms with Gasteiger partial charge in [0.25, 0.3) is 5.91 Å². The summed E-state index contributed by atoms with van der Waals surface area (Å²) in [5.41, 5.74) is 6.92. The molecule has 1 fully saturated rings. The topological polar surface area (TPSA) is 110 Å². The Balaban J connectivity index is 1.88. The summed E-state index contributed by atoms with van der Waals surface area (Å²) in [6.45, 7) is 2.51. The maximum absolute atomic E-state index is 12.8. The number of nitrogens with one attached hydrogen (secondary N) is 1. The van der Waals surface area contributed by atoms with Crippen molar-refractivity contribution in [2.24, 2.45) is 11.7 Å². The Morgan fingerprint density at radius 2 is 2.00 bits per heavy atom. The highest BCUT2D eigenvalue weighted by atomic mass is 32.2. The fraction of sp³-hybridized carbons (Fsp3) is 0.647. The minimum absolute atomic E-state index is 0.345. The zero-order valence-corrected chi connectivity index (χ0v) is 16.7. The standard InChI is InChI=1S/C17H25N3O4S2/c1-10-6-7-11-13(9-10)25-17(14(11)15(18)21)19-16(22)12-5-3-4-8-20(12)26(2,23)24/h10,12H,3-9H2,1-2H3,(H2,18,21)(H,19,22). The molecule has 2 aliphatic rings. The summed E-state index contributed by atoms with van der Waals surface area (Å²) in [4.78, 5) is 25.9. The largest absolute Gasteiger partial charge is 0.365 e. The van der Waals surface area contributed by atoms with E-state index < -0.39 is 22.0 Å². The molecule has 26 heavy (non-hydrogen) atoms. The number of carbonyl (C=O) groups excluding carboxylic acids is 2. The third kappa shape index (κ3) is 3.79. The lowest BCUT2D eigenvalue weighted by Crippen LogP contribution is -2.49.